The molecule has 0 saturated heterocycles. The first-order valence-electron chi connectivity index (χ1n) is 6.31. The lowest BCUT2D eigenvalue weighted by atomic mass is 10.3. The van der Waals surface area contributed by atoms with Crippen LogP contribution in [-0.4, -0.2) is 52.0 Å². The maximum Gasteiger partial charge on any atom is 0.270 e. The number of likely N-dealkylation sites (N-methyl/N-ethyl adjacent to an activating group) is 1. The number of benzene rings is 1. The standard InChI is InChI=1S/C12H20N4O4S/c1-9(15(3)4)8-14-21(19,20)12-7-10(16(17)18)5-6-11(12)13-2/h5-7,9,13-14H,8H2,1-4H3. The van der Waals surface area contributed by atoms with Gasteiger partial charge in [0.25, 0.3) is 5.69 Å². The smallest absolute Gasteiger partial charge is 0.270 e. The summed E-state index contributed by atoms with van der Waals surface area (Å²) in [6, 6.07) is 3.68. The average molecular weight is 316 g/mol. The first-order valence-corrected chi connectivity index (χ1v) is 7.79. The Morgan fingerprint density at radius 1 is 1.38 bits per heavy atom. The number of nitro benzene ring substituents is 1. The molecule has 0 saturated carbocycles. The predicted molar refractivity (Wildman–Crippen MR) is 81.0 cm³/mol. The van der Waals surface area contributed by atoms with E-state index in [-0.39, 0.29) is 23.2 Å². The summed E-state index contributed by atoms with van der Waals surface area (Å²) < 4.78 is 27.1. The number of rotatable bonds is 7. The summed E-state index contributed by atoms with van der Waals surface area (Å²) in [7, 11) is 1.40. The topological polar surface area (TPSA) is 105 Å². The Morgan fingerprint density at radius 2 is 2.00 bits per heavy atom. The van der Waals surface area contributed by atoms with E-state index in [0.29, 0.717) is 5.69 Å². The Bertz CT molecular complexity index is 616. The minimum Gasteiger partial charge on any atom is -0.387 e. The van der Waals surface area contributed by atoms with E-state index >= 15 is 0 Å². The van der Waals surface area contributed by atoms with Crippen LogP contribution in [0.5, 0.6) is 0 Å². The lowest BCUT2D eigenvalue weighted by Gasteiger charge is -2.20. The number of hydrogen-bond donors (Lipinski definition) is 2. The molecule has 0 radical (unpaired) electrons. The van der Waals surface area contributed by atoms with Gasteiger partial charge in [-0.1, -0.05) is 0 Å². The molecule has 2 N–H and O–H groups in total. The van der Waals surface area contributed by atoms with E-state index in [0.717, 1.165) is 6.07 Å². The van der Waals surface area contributed by atoms with E-state index in [1.165, 1.54) is 12.1 Å². The molecule has 0 aromatic heterocycles. The fourth-order valence-corrected chi connectivity index (χ4v) is 2.90. The van der Waals surface area contributed by atoms with Crippen molar-refractivity contribution < 1.29 is 13.3 Å². The Kier molecular flexibility index (Phi) is 5.64. The molecule has 0 heterocycles. The van der Waals surface area contributed by atoms with E-state index in [1.54, 1.807) is 7.05 Å². The highest BCUT2D eigenvalue weighted by Gasteiger charge is 2.22. The predicted octanol–water partition coefficient (Wildman–Crippen LogP) is 0.865. The van der Waals surface area contributed by atoms with Crippen molar-refractivity contribution in [2.45, 2.75) is 17.9 Å². The third kappa shape index (κ3) is 4.38. The van der Waals surface area contributed by atoms with Crippen molar-refractivity contribution in [3.8, 4) is 0 Å². The van der Waals surface area contributed by atoms with E-state index in [2.05, 4.69) is 10.0 Å². The Labute approximate surface area is 124 Å². The van der Waals surface area contributed by atoms with E-state index in [4.69, 9.17) is 0 Å². The maximum absolute atomic E-state index is 12.3. The van der Waals surface area contributed by atoms with Crippen LogP contribution in [0.3, 0.4) is 0 Å². The molecule has 0 aliphatic carbocycles. The lowest BCUT2D eigenvalue weighted by Crippen LogP contribution is -2.38. The van der Waals surface area contributed by atoms with Gasteiger partial charge in [-0.15, -0.1) is 0 Å². The first kappa shape index (κ1) is 17.3. The number of anilines is 1. The van der Waals surface area contributed by atoms with Crippen LogP contribution >= 0.6 is 0 Å². The molecule has 0 bridgehead atoms. The molecule has 9 heteroatoms. The van der Waals surface area contributed by atoms with Crippen LogP contribution in [0.1, 0.15) is 6.92 Å². The van der Waals surface area contributed by atoms with Gasteiger partial charge in [0.15, 0.2) is 0 Å². The van der Waals surface area contributed by atoms with Crippen molar-refractivity contribution in [3.05, 3.63) is 28.3 Å². The van der Waals surface area contributed by atoms with Crippen molar-refractivity contribution >= 4 is 21.4 Å². The molecule has 0 fully saturated rings. The number of nitrogens with zero attached hydrogens (tertiary/aromatic N) is 2. The Balaban J connectivity index is 3.11. The van der Waals surface area contributed by atoms with Gasteiger partial charge in [0.1, 0.15) is 4.90 Å². The van der Waals surface area contributed by atoms with Gasteiger partial charge >= 0.3 is 0 Å². The van der Waals surface area contributed by atoms with Gasteiger partial charge in [-0.25, -0.2) is 13.1 Å². The molecular weight excluding hydrogens is 296 g/mol. The minimum absolute atomic E-state index is 0.00323. The zero-order valence-electron chi connectivity index (χ0n) is 12.5. The quantitative estimate of drug-likeness (QED) is 0.571. The zero-order chi connectivity index (χ0) is 16.2. The largest absolute Gasteiger partial charge is 0.387 e. The second-order valence-corrected chi connectivity index (χ2v) is 6.59. The maximum atomic E-state index is 12.3. The molecule has 8 nitrogen and oxygen atoms in total. The summed E-state index contributed by atoms with van der Waals surface area (Å²) in [6.45, 7) is 2.08. The van der Waals surface area contributed by atoms with Crippen molar-refractivity contribution in [2.75, 3.05) is 33.0 Å². The van der Waals surface area contributed by atoms with Gasteiger partial charge in [0, 0.05) is 31.8 Å². The first-order chi connectivity index (χ1) is 9.69. The molecule has 0 spiro atoms. The van der Waals surface area contributed by atoms with E-state index < -0.39 is 14.9 Å². The lowest BCUT2D eigenvalue weighted by molar-refractivity contribution is -0.385. The molecule has 0 aliphatic rings. The van der Waals surface area contributed by atoms with E-state index in [1.807, 2.05) is 25.9 Å². The van der Waals surface area contributed by atoms with E-state index in [9.17, 15) is 18.5 Å². The van der Waals surface area contributed by atoms with Gasteiger partial charge in [-0.05, 0) is 27.1 Å². The van der Waals surface area contributed by atoms with Gasteiger partial charge in [-0.2, -0.15) is 0 Å². The minimum atomic E-state index is -3.83. The molecule has 1 unspecified atom stereocenters. The van der Waals surface area contributed by atoms with Crippen LogP contribution in [0.15, 0.2) is 23.1 Å². The molecule has 1 atom stereocenters. The molecule has 21 heavy (non-hydrogen) atoms. The normalized spacial score (nSPS) is 13.2. The SMILES string of the molecule is CNc1ccc([N+](=O)[O-])cc1S(=O)(=O)NCC(C)N(C)C. The van der Waals surface area contributed by atoms with Crippen LogP contribution in [0.2, 0.25) is 0 Å². The van der Waals surface area contributed by atoms with Crippen LogP contribution in [0.25, 0.3) is 0 Å². The van der Waals surface area contributed by atoms with Crippen molar-refractivity contribution in [3.63, 3.8) is 0 Å². The van der Waals surface area contributed by atoms with Gasteiger partial charge in [0.05, 0.1) is 10.6 Å². The third-order valence-electron chi connectivity index (χ3n) is 3.19. The fourth-order valence-electron chi connectivity index (χ4n) is 1.54. The van der Waals surface area contributed by atoms with Crippen LogP contribution in [-0.2, 0) is 10.0 Å². The fraction of sp³-hybridized carbons (Fsp3) is 0.500. The Hall–Kier alpha value is -1.71. The highest BCUT2D eigenvalue weighted by molar-refractivity contribution is 7.89. The van der Waals surface area contributed by atoms with Crippen molar-refractivity contribution in [1.29, 1.82) is 0 Å². The summed E-state index contributed by atoms with van der Waals surface area (Å²) in [5.41, 5.74) is 0.0423. The second kappa shape index (κ2) is 6.83. The van der Waals surface area contributed by atoms with Gasteiger partial charge < -0.3 is 10.2 Å². The summed E-state index contributed by atoms with van der Waals surface area (Å²) in [5, 5.41) is 13.5. The number of hydrogen-bond acceptors (Lipinski definition) is 6. The number of non-ortho nitro benzene ring substituents is 1. The highest BCUT2D eigenvalue weighted by atomic mass is 32.2. The second-order valence-electron chi connectivity index (χ2n) is 4.85. The summed E-state index contributed by atoms with van der Waals surface area (Å²) in [5.74, 6) is 0. The molecule has 0 amide bonds. The van der Waals surface area contributed by atoms with Gasteiger partial charge in [0.2, 0.25) is 10.0 Å². The average Bonchev–Trinajstić information content (AvgIpc) is 2.43. The van der Waals surface area contributed by atoms with Gasteiger partial charge in [-0.3, -0.25) is 10.1 Å². The highest BCUT2D eigenvalue weighted by Crippen LogP contribution is 2.25. The molecule has 1 aromatic rings. The van der Waals surface area contributed by atoms with Crippen LogP contribution < -0.4 is 10.0 Å². The number of nitro groups is 1. The monoisotopic (exact) mass is 316 g/mol. The molecule has 118 valence electrons. The summed E-state index contributed by atoms with van der Waals surface area (Å²) >= 11 is 0. The molecule has 0 aliphatic heterocycles. The molecule has 1 aromatic carbocycles. The third-order valence-corrected chi connectivity index (χ3v) is 4.65. The summed E-state index contributed by atoms with van der Waals surface area (Å²) in [6.07, 6.45) is 0. The Morgan fingerprint density at radius 3 is 2.48 bits per heavy atom. The molecule has 1 rings (SSSR count). The number of nitrogens with one attached hydrogen (secondary N) is 2. The van der Waals surface area contributed by atoms with Crippen LogP contribution in [0, 0.1) is 10.1 Å². The zero-order valence-corrected chi connectivity index (χ0v) is 13.3. The van der Waals surface area contributed by atoms with Crippen molar-refractivity contribution in [1.82, 2.24) is 9.62 Å². The van der Waals surface area contributed by atoms with Crippen LogP contribution in [0.4, 0.5) is 11.4 Å². The number of sulfonamides is 1. The summed E-state index contributed by atoms with van der Waals surface area (Å²) in [4.78, 5) is 11.9. The van der Waals surface area contributed by atoms with Crippen molar-refractivity contribution in [2.24, 2.45) is 0 Å². The molecular formula is C12H20N4O4S.